The normalized spacial score (nSPS) is 22.9. The third-order valence-corrected chi connectivity index (χ3v) is 5.35. The smallest absolute Gasteiger partial charge is 0.315 e. The molecule has 1 aliphatic heterocycles. The third kappa shape index (κ3) is 3.83. The Morgan fingerprint density at radius 2 is 2.26 bits per heavy atom. The van der Waals surface area contributed by atoms with Crippen LogP contribution in [-0.4, -0.2) is 36.8 Å². The fraction of sp³-hybridized carbons (Fsp3) is 0.667. The number of aromatic nitrogens is 1. The van der Waals surface area contributed by atoms with Gasteiger partial charge in [-0.2, -0.15) is 0 Å². The van der Waals surface area contributed by atoms with Gasteiger partial charge in [-0.1, -0.05) is 18.9 Å². The molecule has 1 aromatic rings. The van der Waals surface area contributed by atoms with Crippen molar-refractivity contribution in [3.63, 3.8) is 0 Å². The summed E-state index contributed by atoms with van der Waals surface area (Å²) in [7, 11) is 0. The Hall–Kier alpha value is -1.62. The van der Waals surface area contributed by atoms with Crippen molar-refractivity contribution >= 4 is 6.03 Å². The molecule has 2 amide bonds. The number of carbonyl (C=O) groups is 1. The molecule has 3 rings (SSSR count). The summed E-state index contributed by atoms with van der Waals surface area (Å²) in [6.45, 7) is 4.21. The highest BCUT2D eigenvalue weighted by Gasteiger charge is 2.44. The van der Waals surface area contributed by atoms with E-state index < -0.39 is 0 Å². The molecule has 126 valence electrons. The molecule has 1 aromatic heterocycles. The monoisotopic (exact) mass is 317 g/mol. The number of urea groups is 1. The SMILES string of the molecule is Cc1cccnc1CCNC(=O)NC1CCOCC12CCCC2. The summed E-state index contributed by atoms with van der Waals surface area (Å²) in [6, 6.07) is 4.17. The van der Waals surface area contributed by atoms with E-state index in [2.05, 4.69) is 15.6 Å². The zero-order valence-electron chi connectivity index (χ0n) is 13.9. The van der Waals surface area contributed by atoms with Crippen molar-refractivity contribution in [3.05, 3.63) is 29.6 Å². The highest BCUT2D eigenvalue weighted by atomic mass is 16.5. The van der Waals surface area contributed by atoms with Crippen molar-refractivity contribution in [2.75, 3.05) is 19.8 Å². The van der Waals surface area contributed by atoms with Gasteiger partial charge < -0.3 is 15.4 Å². The Balaban J connectivity index is 1.48. The Bertz CT molecular complexity index is 541. The van der Waals surface area contributed by atoms with Gasteiger partial charge in [0.15, 0.2) is 0 Å². The number of amides is 2. The summed E-state index contributed by atoms with van der Waals surface area (Å²) in [4.78, 5) is 16.6. The van der Waals surface area contributed by atoms with Gasteiger partial charge >= 0.3 is 6.03 Å². The molecule has 0 bridgehead atoms. The van der Waals surface area contributed by atoms with E-state index in [1.54, 1.807) is 6.20 Å². The number of nitrogens with one attached hydrogen (secondary N) is 2. The lowest BCUT2D eigenvalue weighted by Gasteiger charge is -2.41. The van der Waals surface area contributed by atoms with Gasteiger partial charge in [-0.05, 0) is 37.8 Å². The molecule has 1 unspecified atom stereocenters. The fourth-order valence-electron chi connectivity index (χ4n) is 3.96. The quantitative estimate of drug-likeness (QED) is 0.897. The van der Waals surface area contributed by atoms with Crippen LogP contribution in [0, 0.1) is 12.3 Å². The van der Waals surface area contributed by atoms with Crippen LogP contribution in [0.2, 0.25) is 0 Å². The highest BCUT2D eigenvalue weighted by Crippen LogP contribution is 2.44. The van der Waals surface area contributed by atoms with Gasteiger partial charge in [-0.15, -0.1) is 0 Å². The average Bonchev–Trinajstić information content (AvgIpc) is 3.01. The highest BCUT2D eigenvalue weighted by molar-refractivity contribution is 5.74. The number of ether oxygens (including phenoxy) is 1. The molecule has 2 heterocycles. The zero-order chi connectivity index (χ0) is 16.1. The molecule has 1 saturated carbocycles. The minimum absolute atomic E-state index is 0.0586. The number of pyridine rings is 1. The molecule has 2 aliphatic rings. The zero-order valence-corrected chi connectivity index (χ0v) is 13.9. The van der Waals surface area contributed by atoms with Crippen LogP contribution in [0.1, 0.15) is 43.4 Å². The van der Waals surface area contributed by atoms with Crippen molar-refractivity contribution in [2.24, 2.45) is 5.41 Å². The topological polar surface area (TPSA) is 63.2 Å². The molecular formula is C18H27N3O2. The predicted octanol–water partition coefficient (Wildman–Crippen LogP) is 2.58. The van der Waals surface area contributed by atoms with Crippen LogP contribution in [0.3, 0.4) is 0 Å². The van der Waals surface area contributed by atoms with E-state index in [0.29, 0.717) is 6.54 Å². The molecule has 2 N–H and O–H groups in total. The molecule has 1 atom stereocenters. The summed E-state index contributed by atoms with van der Waals surface area (Å²) in [5, 5.41) is 6.18. The van der Waals surface area contributed by atoms with Crippen molar-refractivity contribution in [3.8, 4) is 0 Å². The molecule has 23 heavy (non-hydrogen) atoms. The van der Waals surface area contributed by atoms with Gasteiger partial charge in [-0.25, -0.2) is 4.79 Å². The average molecular weight is 317 g/mol. The first-order valence-corrected chi connectivity index (χ1v) is 8.72. The summed E-state index contributed by atoms with van der Waals surface area (Å²) in [5.41, 5.74) is 2.39. The number of hydrogen-bond acceptors (Lipinski definition) is 3. The predicted molar refractivity (Wildman–Crippen MR) is 89.3 cm³/mol. The molecule has 1 spiro atoms. The van der Waals surface area contributed by atoms with E-state index in [4.69, 9.17) is 4.74 Å². The molecule has 5 heteroatoms. The molecule has 1 saturated heterocycles. The second-order valence-electron chi connectivity index (χ2n) is 6.88. The second kappa shape index (κ2) is 7.30. The number of hydrogen-bond donors (Lipinski definition) is 2. The van der Waals surface area contributed by atoms with Crippen LogP contribution in [0.5, 0.6) is 0 Å². The lowest BCUT2D eigenvalue weighted by molar-refractivity contribution is -0.0263. The Labute approximate surface area is 138 Å². The lowest BCUT2D eigenvalue weighted by atomic mass is 9.76. The van der Waals surface area contributed by atoms with E-state index >= 15 is 0 Å². The first-order chi connectivity index (χ1) is 11.2. The third-order valence-electron chi connectivity index (χ3n) is 5.35. The maximum absolute atomic E-state index is 12.2. The fourth-order valence-corrected chi connectivity index (χ4v) is 3.96. The van der Waals surface area contributed by atoms with Crippen LogP contribution in [-0.2, 0) is 11.2 Å². The molecule has 0 radical (unpaired) electrons. The van der Waals surface area contributed by atoms with Crippen LogP contribution < -0.4 is 10.6 Å². The number of rotatable bonds is 4. The standard InChI is InChI=1S/C18H27N3O2/c1-14-5-4-10-19-15(14)6-11-20-17(22)21-16-7-12-23-13-18(16)8-2-3-9-18/h4-5,10,16H,2-3,6-9,11-13H2,1H3,(H2,20,21,22). The van der Waals surface area contributed by atoms with Crippen LogP contribution >= 0.6 is 0 Å². The molecule has 0 aromatic carbocycles. The lowest BCUT2D eigenvalue weighted by Crippen LogP contribution is -2.54. The minimum Gasteiger partial charge on any atom is -0.381 e. The van der Waals surface area contributed by atoms with E-state index in [1.807, 2.05) is 19.1 Å². The van der Waals surface area contributed by atoms with Gasteiger partial charge in [-0.3, -0.25) is 4.98 Å². The maximum Gasteiger partial charge on any atom is 0.315 e. The number of carbonyl (C=O) groups excluding carboxylic acids is 1. The molecule has 2 fully saturated rings. The van der Waals surface area contributed by atoms with Crippen molar-refractivity contribution in [1.29, 1.82) is 0 Å². The largest absolute Gasteiger partial charge is 0.381 e. The van der Waals surface area contributed by atoms with Gasteiger partial charge in [0, 0.05) is 42.9 Å². The Morgan fingerprint density at radius 3 is 3.04 bits per heavy atom. The summed E-state index contributed by atoms with van der Waals surface area (Å²) in [5.74, 6) is 0. The van der Waals surface area contributed by atoms with Gasteiger partial charge in [0.2, 0.25) is 0 Å². The molecular weight excluding hydrogens is 290 g/mol. The molecule has 5 nitrogen and oxygen atoms in total. The van der Waals surface area contributed by atoms with E-state index in [1.165, 1.54) is 31.2 Å². The first-order valence-electron chi connectivity index (χ1n) is 8.72. The first kappa shape index (κ1) is 16.2. The summed E-state index contributed by atoms with van der Waals surface area (Å²) < 4.78 is 5.69. The van der Waals surface area contributed by atoms with Crippen molar-refractivity contribution < 1.29 is 9.53 Å². The van der Waals surface area contributed by atoms with Gasteiger partial charge in [0.05, 0.1) is 6.61 Å². The number of nitrogens with zero attached hydrogens (tertiary/aromatic N) is 1. The second-order valence-corrected chi connectivity index (χ2v) is 6.88. The summed E-state index contributed by atoms with van der Waals surface area (Å²) >= 11 is 0. The Kier molecular flexibility index (Phi) is 5.16. The Morgan fingerprint density at radius 1 is 1.43 bits per heavy atom. The minimum atomic E-state index is -0.0586. The van der Waals surface area contributed by atoms with Crippen LogP contribution in [0.15, 0.2) is 18.3 Å². The van der Waals surface area contributed by atoms with Gasteiger partial charge in [0.1, 0.15) is 0 Å². The van der Waals surface area contributed by atoms with Crippen LogP contribution in [0.4, 0.5) is 4.79 Å². The van der Waals surface area contributed by atoms with Crippen molar-refractivity contribution in [2.45, 2.75) is 51.5 Å². The van der Waals surface area contributed by atoms with E-state index in [-0.39, 0.29) is 17.5 Å². The maximum atomic E-state index is 12.2. The van der Waals surface area contributed by atoms with E-state index in [9.17, 15) is 4.79 Å². The summed E-state index contributed by atoms with van der Waals surface area (Å²) in [6.07, 6.45) is 8.33. The van der Waals surface area contributed by atoms with Crippen molar-refractivity contribution in [1.82, 2.24) is 15.6 Å². The molecule has 1 aliphatic carbocycles. The van der Waals surface area contributed by atoms with Gasteiger partial charge in [0.25, 0.3) is 0 Å². The van der Waals surface area contributed by atoms with Crippen LogP contribution in [0.25, 0.3) is 0 Å². The number of aryl methyl sites for hydroxylation is 1. The van der Waals surface area contributed by atoms with E-state index in [0.717, 1.165) is 31.7 Å².